The molecule has 0 aliphatic carbocycles. The van der Waals surface area contributed by atoms with Crippen molar-refractivity contribution in [3.05, 3.63) is 29.3 Å². The summed E-state index contributed by atoms with van der Waals surface area (Å²) >= 11 is 0. The number of benzene rings is 1. The van der Waals surface area contributed by atoms with E-state index in [2.05, 4.69) is 0 Å². The number of ether oxygens (including phenoxy) is 1. The highest BCUT2D eigenvalue weighted by Gasteiger charge is 2.26. The molecule has 0 amide bonds. The molecule has 4 nitrogen and oxygen atoms in total. The third-order valence-electron chi connectivity index (χ3n) is 2.72. The molecule has 0 radical (unpaired) electrons. The molecule has 0 bridgehead atoms. The van der Waals surface area contributed by atoms with Gasteiger partial charge in [0, 0.05) is 10.7 Å². The van der Waals surface area contributed by atoms with Gasteiger partial charge in [-0.3, -0.25) is 0 Å². The molecular weight excluding hydrogens is 314 g/mol. The zero-order valence-corrected chi connectivity index (χ0v) is 12.6. The van der Waals surface area contributed by atoms with Crippen molar-refractivity contribution in [1.82, 2.24) is 0 Å². The van der Waals surface area contributed by atoms with E-state index >= 15 is 0 Å². The molecule has 0 aromatic heterocycles. The van der Waals surface area contributed by atoms with Gasteiger partial charge in [0.1, 0.15) is 16.8 Å². The van der Waals surface area contributed by atoms with Gasteiger partial charge in [-0.05, 0) is 25.0 Å². The van der Waals surface area contributed by atoms with Gasteiger partial charge in [0.2, 0.25) is 0 Å². The minimum atomic E-state index is -4.51. The first kappa shape index (κ1) is 16.8. The van der Waals surface area contributed by atoms with Gasteiger partial charge in [0.05, 0.1) is 5.56 Å². The van der Waals surface area contributed by atoms with Gasteiger partial charge in [-0.15, -0.1) is 0 Å². The van der Waals surface area contributed by atoms with Crippen LogP contribution in [0.3, 0.4) is 0 Å². The topological polar surface area (TPSA) is 60.4 Å². The Hall–Kier alpha value is -1.21. The lowest BCUT2D eigenvalue weighted by Crippen LogP contribution is -2.21. The number of carbonyl (C=O) groups excluding carboxylic acids is 1. The monoisotopic (exact) mass is 326 g/mol. The highest BCUT2D eigenvalue weighted by Crippen LogP contribution is 2.24. The zero-order chi connectivity index (χ0) is 15.7. The first-order chi connectivity index (χ1) is 9.04. The summed E-state index contributed by atoms with van der Waals surface area (Å²) < 4.78 is 54.4. The van der Waals surface area contributed by atoms with Crippen molar-refractivity contribution in [2.75, 3.05) is 0 Å². The summed E-state index contributed by atoms with van der Waals surface area (Å²) in [5.41, 5.74) is -0.809. The van der Waals surface area contributed by atoms with Crippen LogP contribution in [0.2, 0.25) is 0 Å². The van der Waals surface area contributed by atoms with Crippen LogP contribution in [0.4, 0.5) is 8.78 Å². The molecule has 0 spiro atoms. The molecule has 0 aliphatic rings. The fraction of sp³-hybridized carbons (Fsp3) is 0.417. The van der Waals surface area contributed by atoms with Crippen molar-refractivity contribution >= 4 is 25.7 Å². The van der Waals surface area contributed by atoms with Crippen LogP contribution < -0.4 is 0 Å². The minimum Gasteiger partial charge on any atom is -0.459 e. The van der Waals surface area contributed by atoms with E-state index in [1.54, 1.807) is 20.8 Å². The average molecular weight is 327 g/mol. The van der Waals surface area contributed by atoms with Crippen molar-refractivity contribution in [3.63, 3.8) is 0 Å². The first-order valence-electron chi connectivity index (χ1n) is 5.68. The number of carbonyl (C=O) groups is 1. The fourth-order valence-electron chi connectivity index (χ4n) is 1.26. The van der Waals surface area contributed by atoms with Crippen LogP contribution in [0.15, 0.2) is 17.0 Å². The number of rotatable bonds is 4. The first-order valence-corrected chi connectivity index (χ1v) is 7.99. The number of halogens is 3. The Morgan fingerprint density at radius 2 is 1.80 bits per heavy atom. The van der Waals surface area contributed by atoms with Gasteiger partial charge >= 0.3 is 5.97 Å². The van der Waals surface area contributed by atoms with Crippen LogP contribution >= 0.6 is 10.7 Å². The third kappa shape index (κ3) is 3.89. The van der Waals surface area contributed by atoms with Crippen molar-refractivity contribution in [3.8, 4) is 0 Å². The Morgan fingerprint density at radius 1 is 1.25 bits per heavy atom. The molecule has 0 heterocycles. The van der Waals surface area contributed by atoms with Crippen LogP contribution in [0.1, 0.15) is 31.1 Å². The highest BCUT2D eigenvalue weighted by atomic mass is 35.7. The summed E-state index contributed by atoms with van der Waals surface area (Å²) in [6, 6.07) is 0.969. The van der Waals surface area contributed by atoms with E-state index in [0.29, 0.717) is 12.1 Å². The summed E-state index contributed by atoms with van der Waals surface area (Å²) in [5.74, 6) is -3.71. The molecule has 112 valence electrons. The summed E-state index contributed by atoms with van der Waals surface area (Å²) in [6.45, 7) is 5.13. The molecule has 20 heavy (non-hydrogen) atoms. The SMILES string of the molecule is CC(C)C(C)OC(=O)c1cc(F)cc(S(=O)(=O)Cl)c1F. The maximum atomic E-state index is 13.9. The second-order valence-corrected chi connectivity index (χ2v) is 7.09. The van der Waals surface area contributed by atoms with Crippen molar-refractivity contribution in [1.29, 1.82) is 0 Å². The second kappa shape index (κ2) is 6.05. The number of esters is 1. The molecule has 1 unspecified atom stereocenters. The van der Waals surface area contributed by atoms with Crippen LogP contribution in [-0.2, 0) is 13.8 Å². The highest BCUT2D eigenvalue weighted by molar-refractivity contribution is 8.13. The Morgan fingerprint density at radius 3 is 2.25 bits per heavy atom. The van der Waals surface area contributed by atoms with Crippen molar-refractivity contribution in [2.45, 2.75) is 31.8 Å². The van der Waals surface area contributed by atoms with Gasteiger partial charge in [0.15, 0.2) is 5.82 Å². The Kier molecular flexibility index (Phi) is 5.10. The van der Waals surface area contributed by atoms with E-state index in [-0.39, 0.29) is 5.92 Å². The molecule has 1 atom stereocenters. The Labute approximate surface area is 120 Å². The average Bonchev–Trinajstić information content (AvgIpc) is 2.29. The maximum absolute atomic E-state index is 13.9. The van der Waals surface area contributed by atoms with Crippen LogP contribution in [0.25, 0.3) is 0 Å². The van der Waals surface area contributed by atoms with Gasteiger partial charge in [-0.2, -0.15) is 0 Å². The lowest BCUT2D eigenvalue weighted by atomic mass is 10.1. The standard InChI is InChI=1S/C12H13ClF2O4S/c1-6(2)7(3)19-12(16)9-4-8(14)5-10(11(9)15)20(13,17)18/h4-7H,1-3H3. The molecule has 0 fully saturated rings. The fourth-order valence-corrected chi connectivity index (χ4v) is 2.17. The lowest BCUT2D eigenvalue weighted by Gasteiger charge is -2.17. The van der Waals surface area contributed by atoms with Gasteiger partial charge in [-0.1, -0.05) is 13.8 Å². The normalized spacial score (nSPS) is 13.3. The molecule has 0 saturated heterocycles. The number of hydrogen-bond acceptors (Lipinski definition) is 4. The second-order valence-electron chi connectivity index (χ2n) is 4.56. The quantitative estimate of drug-likeness (QED) is 0.630. The molecule has 1 rings (SSSR count). The molecule has 8 heteroatoms. The Bertz CT molecular complexity index is 629. The molecule has 1 aromatic carbocycles. The minimum absolute atomic E-state index is 0.0354. The largest absolute Gasteiger partial charge is 0.459 e. The van der Waals surface area contributed by atoms with E-state index in [9.17, 15) is 22.0 Å². The predicted octanol–water partition coefficient (Wildman–Crippen LogP) is 3.09. The van der Waals surface area contributed by atoms with E-state index in [1.807, 2.05) is 0 Å². The smallest absolute Gasteiger partial charge is 0.341 e. The van der Waals surface area contributed by atoms with Crippen molar-refractivity contribution in [2.24, 2.45) is 5.92 Å². The third-order valence-corrected chi connectivity index (χ3v) is 4.04. The lowest BCUT2D eigenvalue weighted by molar-refractivity contribution is 0.0231. The van der Waals surface area contributed by atoms with E-state index in [0.717, 1.165) is 0 Å². The van der Waals surface area contributed by atoms with Crippen LogP contribution in [0.5, 0.6) is 0 Å². The zero-order valence-electron chi connectivity index (χ0n) is 11.0. The summed E-state index contributed by atoms with van der Waals surface area (Å²) in [6.07, 6.45) is -0.541. The summed E-state index contributed by atoms with van der Waals surface area (Å²) in [4.78, 5) is 10.7. The maximum Gasteiger partial charge on any atom is 0.341 e. The van der Waals surface area contributed by atoms with Gasteiger partial charge in [-0.25, -0.2) is 22.0 Å². The van der Waals surface area contributed by atoms with E-state index in [1.165, 1.54) is 0 Å². The van der Waals surface area contributed by atoms with Crippen molar-refractivity contribution < 1.29 is 26.7 Å². The van der Waals surface area contributed by atoms with Crippen LogP contribution in [0, 0.1) is 17.6 Å². The van der Waals surface area contributed by atoms with Gasteiger partial charge < -0.3 is 4.74 Å². The predicted molar refractivity (Wildman–Crippen MR) is 69.1 cm³/mol. The van der Waals surface area contributed by atoms with E-state index < -0.39 is 43.2 Å². The molecular formula is C12H13ClF2O4S. The summed E-state index contributed by atoms with van der Waals surface area (Å²) in [5, 5.41) is 0. The number of hydrogen-bond donors (Lipinski definition) is 0. The molecule has 0 N–H and O–H groups in total. The molecule has 0 aliphatic heterocycles. The van der Waals surface area contributed by atoms with Crippen LogP contribution in [-0.4, -0.2) is 20.5 Å². The summed E-state index contributed by atoms with van der Waals surface area (Å²) in [7, 11) is 0.475. The molecule has 1 aromatic rings. The van der Waals surface area contributed by atoms with E-state index in [4.69, 9.17) is 15.4 Å². The van der Waals surface area contributed by atoms with Gasteiger partial charge in [0.25, 0.3) is 9.05 Å². The molecule has 0 saturated carbocycles. The Balaban J connectivity index is 3.26.